The number of carbonyl (C=O) groups excluding carboxylic acids is 1. The molecule has 2 fully saturated rings. The minimum absolute atomic E-state index is 0.0944. The van der Waals surface area contributed by atoms with Gasteiger partial charge in [0.05, 0.1) is 0 Å². The van der Waals surface area contributed by atoms with Gasteiger partial charge in [0.2, 0.25) is 5.91 Å². The van der Waals surface area contributed by atoms with Crippen LogP contribution in [0.4, 0.5) is 8.78 Å². The summed E-state index contributed by atoms with van der Waals surface area (Å²) in [7, 11) is 0. The number of aromatic hydroxyl groups is 1. The Morgan fingerprint density at radius 2 is 1.53 bits per heavy atom. The number of nitrogens with one attached hydrogen (secondary N) is 1. The minimum atomic E-state index is -0.508. The zero-order valence-corrected chi connectivity index (χ0v) is 22.3. The molecule has 4 rings (SSSR count). The number of phenols is 1. The summed E-state index contributed by atoms with van der Waals surface area (Å²) in [5.74, 6) is 0.977. The zero-order valence-electron chi connectivity index (χ0n) is 22.3. The van der Waals surface area contributed by atoms with Gasteiger partial charge in [-0.2, -0.15) is 0 Å². The highest BCUT2D eigenvalue weighted by atomic mass is 19.1. The van der Waals surface area contributed by atoms with E-state index in [0.29, 0.717) is 11.5 Å². The third kappa shape index (κ3) is 9.64. The predicted octanol–water partition coefficient (Wildman–Crippen LogP) is 7.75. The Morgan fingerprint density at radius 1 is 0.972 bits per heavy atom. The van der Waals surface area contributed by atoms with Crippen LogP contribution in [0.3, 0.4) is 0 Å². The fraction of sp³-hybridized carbons (Fsp3) is 0.516. The lowest BCUT2D eigenvalue weighted by atomic mass is 9.62. The third-order valence-corrected chi connectivity index (χ3v) is 6.74. The monoisotopic (exact) mass is 499 g/mol. The van der Waals surface area contributed by atoms with E-state index in [4.69, 9.17) is 0 Å². The Hall–Kier alpha value is -2.87. The van der Waals surface area contributed by atoms with Gasteiger partial charge in [0.15, 0.2) is 0 Å². The Morgan fingerprint density at radius 3 is 2.00 bits per heavy atom. The first-order chi connectivity index (χ1) is 17.2. The molecule has 2 aromatic carbocycles. The van der Waals surface area contributed by atoms with Crippen LogP contribution in [-0.4, -0.2) is 17.6 Å². The van der Waals surface area contributed by atoms with E-state index in [-0.39, 0.29) is 17.5 Å². The number of amides is 1. The number of phenolic OH excluding ortho intramolecular Hbond substituents is 1. The van der Waals surface area contributed by atoms with Crippen molar-refractivity contribution >= 4 is 5.91 Å². The van der Waals surface area contributed by atoms with Gasteiger partial charge in [-0.05, 0) is 86.3 Å². The normalized spacial score (nSPS) is 20.3. The first-order valence-electron chi connectivity index (χ1n) is 13.1. The van der Waals surface area contributed by atoms with E-state index in [9.17, 15) is 18.7 Å². The SMILES string of the molecule is C#C.CC(=O)NCC1CC1.CCC.CCC1CCC(c2ccc(O)cc2)(c2cc(F)ccc2F)CC1. The molecule has 36 heavy (non-hydrogen) atoms. The van der Waals surface area contributed by atoms with Gasteiger partial charge in [0, 0.05) is 24.4 Å². The lowest BCUT2D eigenvalue weighted by Crippen LogP contribution is -2.34. The van der Waals surface area contributed by atoms with Crippen LogP contribution in [-0.2, 0) is 10.2 Å². The average molecular weight is 500 g/mol. The maximum Gasteiger partial charge on any atom is 0.216 e. The van der Waals surface area contributed by atoms with E-state index in [0.717, 1.165) is 50.1 Å². The molecule has 2 aliphatic rings. The molecule has 2 N–H and O–H groups in total. The number of benzene rings is 2. The largest absolute Gasteiger partial charge is 0.508 e. The Balaban J connectivity index is 0.000000414. The molecule has 0 unspecified atom stereocenters. The lowest BCUT2D eigenvalue weighted by molar-refractivity contribution is -0.119. The molecule has 0 bridgehead atoms. The van der Waals surface area contributed by atoms with Crippen LogP contribution in [0.1, 0.15) is 90.2 Å². The van der Waals surface area contributed by atoms with Gasteiger partial charge < -0.3 is 10.4 Å². The second-order valence-electron chi connectivity index (χ2n) is 9.69. The Labute approximate surface area is 216 Å². The molecule has 0 saturated heterocycles. The van der Waals surface area contributed by atoms with Crippen molar-refractivity contribution in [3.8, 4) is 18.6 Å². The molecular formula is C31H43F2NO2. The first-order valence-corrected chi connectivity index (χ1v) is 13.1. The van der Waals surface area contributed by atoms with Crippen molar-refractivity contribution in [1.29, 1.82) is 0 Å². The van der Waals surface area contributed by atoms with E-state index in [1.165, 1.54) is 37.5 Å². The summed E-state index contributed by atoms with van der Waals surface area (Å²) in [6.45, 7) is 8.89. The molecule has 2 saturated carbocycles. The van der Waals surface area contributed by atoms with Gasteiger partial charge in [0.25, 0.3) is 0 Å². The molecule has 2 aromatic rings. The molecule has 2 aliphatic carbocycles. The van der Waals surface area contributed by atoms with Crippen molar-refractivity contribution in [3.63, 3.8) is 0 Å². The summed E-state index contributed by atoms with van der Waals surface area (Å²) in [6.07, 6.45) is 16.6. The predicted molar refractivity (Wildman–Crippen MR) is 145 cm³/mol. The van der Waals surface area contributed by atoms with Gasteiger partial charge >= 0.3 is 0 Å². The highest BCUT2D eigenvalue weighted by Crippen LogP contribution is 2.48. The highest BCUT2D eigenvalue weighted by molar-refractivity contribution is 5.72. The summed E-state index contributed by atoms with van der Waals surface area (Å²) in [4.78, 5) is 10.3. The fourth-order valence-corrected chi connectivity index (χ4v) is 4.55. The summed E-state index contributed by atoms with van der Waals surface area (Å²) >= 11 is 0. The molecule has 0 atom stereocenters. The van der Waals surface area contributed by atoms with E-state index in [2.05, 4.69) is 38.9 Å². The maximum absolute atomic E-state index is 14.5. The number of carbonyl (C=O) groups is 1. The summed E-state index contributed by atoms with van der Waals surface area (Å²) in [6, 6.07) is 10.7. The third-order valence-electron chi connectivity index (χ3n) is 6.74. The molecule has 0 radical (unpaired) electrons. The lowest BCUT2D eigenvalue weighted by Gasteiger charge is -2.41. The van der Waals surface area contributed by atoms with E-state index >= 15 is 0 Å². The Kier molecular flexibility index (Phi) is 13.8. The van der Waals surface area contributed by atoms with Crippen LogP contribution in [0.15, 0.2) is 42.5 Å². The number of halogens is 2. The van der Waals surface area contributed by atoms with Crippen molar-refractivity contribution in [2.45, 2.75) is 84.5 Å². The van der Waals surface area contributed by atoms with Gasteiger partial charge in [-0.3, -0.25) is 4.79 Å². The topological polar surface area (TPSA) is 49.3 Å². The van der Waals surface area contributed by atoms with E-state index < -0.39 is 11.2 Å². The van der Waals surface area contributed by atoms with E-state index in [1.54, 1.807) is 19.1 Å². The number of hydrogen-bond acceptors (Lipinski definition) is 2. The smallest absolute Gasteiger partial charge is 0.216 e. The van der Waals surface area contributed by atoms with Crippen LogP contribution in [0.5, 0.6) is 5.75 Å². The zero-order chi connectivity index (χ0) is 27.1. The van der Waals surface area contributed by atoms with Crippen molar-refractivity contribution in [2.75, 3.05) is 6.54 Å². The molecule has 0 heterocycles. The van der Waals surface area contributed by atoms with Crippen molar-refractivity contribution in [2.24, 2.45) is 11.8 Å². The van der Waals surface area contributed by atoms with Gasteiger partial charge in [-0.25, -0.2) is 8.78 Å². The van der Waals surface area contributed by atoms with Crippen LogP contribution >= 0.6 is 0 Å². The van der Waals surface area contributed by atoms with Crippen LogP contribution in [0.25, 0.3) is 0 Å². The molecular weight excluding hydrogens is 456 g/mol. The van der Waals surface area contributed by atoms with E-state index in [1.807, 2.05) is 12.1 Å². The minimum Gasteiger partial charge on any atom is -0.508 e. The molecule has 198 valence electrons. The number of rotatable bonds is 5. The molecule has 0 aliphatic heterocycles. The maximum atomic E-state index is 14.5. The second kappa shape index (κ2) is 16.0. The summed E-state index contributed by atoms with van der Waals surface area (Å²) in [5.41, 5.74) is 0.887. The van der Waals surface area contributed by atoms with Crippen LogP contribution in [0.2, 0.25) is 0 Å². The average Bonchev–Trinajstić information content (AvgIpc) is 3.72. The first kappa shape index (κ1) is 31.2. The van der Waals surface area contributed by atoms with Crippen LogP contribution in [0, 0.1) is 36.3 Å². The highest BCUT2D eigenvalue weighted by Gasteiger charge is 2.40. The fourth-order valence-electron chi connectivity index (χ4n) is 4.55. The van der Waals surface area contributed by atoms with Gasteiger partial charge in [-0.1, -0.05) is 45.7 Å². The van der Waals surface area contributed by atoms with Crippen molar-refractivity contribution in [1.82, 2.24) is 5.32 Å². The molecule has 0 aromatic heterocycles. The second-order valence-corrected chi connectivity index (χ2v) is 9.69. The molecule has 1 amide bonds. The standard InChI is InChI=1S/C20H22F2O.C6H11NO.C3H8.C2H2/c1-2-14-9-11-20(12-10-14,15-3-6-17(23)7-4-15)18-13-16(21)5-8-19(18)22;1-5(8)7-4-6-2-3-6;1-3-2;1-2/h3-8,13-14,23H,2,9-12H2,1H3;6H,2-4H2,1H3,(H,7,8);3H2,1-2H3;1-2H. The van der Waals surface area contributed by atoms with Gasteiger partial charge in [-0.15, -0.1) is 12.8 Å². The van der Waals surface area contributed by atoms with Crippen LogP contribution < -0.4 is 5.32 Å². The number of terminal acetylenes is 1. The Bertz CT molecular complexity index is 927. The quantitative estimate of drug-likeness (QED) is 0.413. The number of hydrogen-bond donors (Lipinski definition) is 2. The van der Waals surface area contributed by atoms with Gasteiger partial charge in [0.1, 0.15) is 17.4 Å². The molecule has 3 nitrogen and oxygen atoms in total. The molecule has 5 heteroatoms. The van der Waals surface area contributed by atoms with Crippen molar-refractivity contribution in [3.05, 3.63) is 65.2 Å². The summed E-state index contributed by atoms with van der Waals surface area (Å²) in [5, 5.41) is 12.3. The molecule has 0 spiro atoms. The summed E-state index contributed by atoms with van der Waals surface area (Å²) < 4.78 is 28.3. The van der Waals surface area contributed by atoms with Crippen molar-refractivity contribution < 1.29 is 18.7 Å².